The minimum atomic E-state index is -3.01. The van der Waals surface area contributed by atoms with Crippen molar-refractivity contribution in [3.05, 3.63) is 46.6 Å². The number of carbonyl (C=O) groups excluding carboxylic acids is 1. The van der Waals surface area contributed by atoms with Gasteiger partial charge in [0.05, 0.1) is 17.0 Å². The summed E-state index contributed by atoms with van der Waals surface area (Å²) in [6.45, 7) is 1.81. The maximum absolute atomic E-state index is 12.4. The zero-order valence-electron chi connectivity index (χ0n) is 11.1. The molecule has 4 nitrogen and oxygen atoms in total. The summed E-state index contributed by atoms with van der Waals surface area (Å²) in [7, 11) is -3.01. The zero-order chi connectivity index (χ0) is 14.1. The first kappa shape index (κ1) is 12.1. The lowest BCUT2D eigenvalue weighted by atomic mass is 9.99. The fraction of sp³-hybridized carbons (Fsp3) is 0.400. The van der Waals surface area contributed by atoms with Gasteiger partial charge in [0.1, 0.15) is 0 Å². The molecule has 0 aromatic heterocycles. The van der Waals surface area contributed by atoms with Crippen LogP contribution in [0.3, 0.4) is 0 Å². The highest BCUT2D eigenvalue weighted by atomic mass is 32.2. The van der Waals surface area contributed by atoms with E-state index in [0.717, 1.165) is 5.57 Å². The molecule has 1 amide bonds. The van der Waals surface area contributed by atoms with Crippen molar-refractivity contribution >= 4 is 15.7 Å². The fourth-order valence-electron chi connectivity index (χ4n) is 3.31. The van der Waals surface area contributed by atoms with Crippen LogP contribution in [0.1, 0.15) is 13.3 Å². The summed E-state index contributed by atoms with van der Waals surface area (Å²) in [5, 5.41) is 2.92. The standard InChI is InChI=1S/C15H15NO3S/c1-15(4-5-20(18,19)8-15)16-14(17)11-3-2-10-12-6-9(12)7-13(10)11/h2-3,6-7,12H,4-5,8H2,1H3,(H,16,17). The molecule has 0 aromatic rings. The molecule has 1 aliphatic heterocycles. The summed E-state index contributed by atoms with van der Waals surface area (Å²) >= 11 is 0. The fourth-order valence-corrected chi connectivity index (χ4v) is 5.40. The summed E-state index contributed by atoms with van der Waals surface area (Å²) in [5.41, 5.74) is 3.53. The molecule has 0 spiro atoms. The van der Waals surface area contributed by atoms with E-state index < -0.39 is 15.4 Å². The second kappa shape index (κ2) is 3.52. The number of amides is 1. The Morgan fingerprint density at radius 3 is 2.90 bits per heavy atom. The van der Waals surface area contributed by atoms with Crippen LogP contribution in [-0.2, 0) is 14.6 Å². The Balaban J connectivity index is 1.53. The number of hydrogen-bond acceptors (Lipinski definition) is 3. The Morgan fingerprint density at radius 2 is 2.20 bits per heavy atom. The minimum absolute atomic E-state index is 0.0339. The Hall–Kier alpha value is -1.62. The molecule has 20 heavy (non-hydrogen) atoms. The predicted molar refractivity (Wildman–Crippen MR) is 75.6 cm³/mol. The Labute approximate surface area is 117 Å². The normalized spacial score (nSPS) is 35.5. The van der Waals surface area contributed by atoms with E-state index in [-0.39, 0.29) is 17.4 Å². The van der Waals surface area contributed by atoms with E-state index in [1.807, 2.05) is 19.1 Å². The van der Waals surface area contributed by atoms with Gasteiger partial charge in [-0.05, 0) is 42.2 Å². The molecule has 0 radical (unpaired) electrons. The molecule has 1 heterocycles. The summed E-state index contributed by atoms with van der Waals surface area (Å²) in [5.74, 6) is 0.453. The van der Waals surface area contributed by atoms with Crippen molar-refractivity contribution in [3.8, 4) is 0 Å². The highest BCUT2D eigenvalue weighted by Crippen LogP contribution is 2.51. The number of fused-ring (bicyclic) bond motifs is 3. The Morgan fingerprint density at radius 1 is 1.40 bits per heavy atom. The first-order valence-corrected chi connectivity index (χ1v) is 8.58. The van der Waals surface area contributed by atoms with E-state index in [2.05, 4.69) is 17.5 Å². The van der Waals surface area contributed by atoms with E-state index >= 15 is 0 Å². The molecule has 2 unspecified atom stereocenters. The average Bonchev–Trinajstić information content (AvgIpc) is 2.71. The van der Waals surface area contributed by atoms with Gasteiger partial charge in [-0.15, -0.1) is 0 Å². The van der Waals surface area contributed by atoms with Crippen LogP contribution in [0, 0.1) is 5.92 Å². The molecule has 4 rings (SSSR count). The maximum atomic E-state index is 12.4. The monoisotopic (exact) mass is 289 g/mol. The van der Waals surface area contributed by atoms with Crippen LogP contribution >= 0.6 is 0 Å². The van der Waals surface area contributed by atoms with Gasteiger partial charge in [0, 0.05) is 11.5 Å². The van der Waals surface area contributed by atoms with E-state index in [1.54, 1.807) is 0 Å². The van der Waals surface area contributed by atoms with E-state index in [9.17, 15) is 13.2 Å². The third-order valence-electron chi connectivity index (χ3n) is 4.45. The lowest BCUT2D eigenvalue weighted by Crippen LogP contribution is -2.47. The van der Waals surface area contributed by atoms with Gasteiger partial charge in [-0.2, -0.15) is 0 Å². The smallest absolute Gasteiger partial charge is 0.252 e. The number of allylic oxidation sites excluding steroid dienone is 6. The largest absolute Gasteiger partial charge is 0.346 e. The molecule has 5 heteroatoms. The molecule has 0 saturated carbocycles. The summed E-state index contributed by atoms with van der Waals surface area (Å²) in [6, 6.07) is 0. The van der Waals surface area contributed by atoms with Crippen molar-refractivity contribution in [2.24, 2.45) is 5.92 Å². The van der Waals surface area contributed by atoms with Crippen LogP contribution in [0.4, 0.5) is 0 Å². The maximum Gasteiger partial charge on any atom is 0.252 e. The molecule has 1 fully saturated rings. The van der Waals surface area contributed by atoms with Crippen LogP contribution in [0.25, 0.3) is 0 Å². The van der Waals surface area contributed by atoms with Crippen LogP contribution in [0.2, 0.25) is 0 Å². The zero-order valence-corrected chi connectivity index (χ0v) is 12.0. The lowest BCUT2D eigenvalue weighted by molar-refractivity contribution is -0.118. The van der Waals surface area contributed by atoms with Crippen molar-refractivity contribution in [2.75, 3.05) is 11.5 Å². The molecule has 0 bridgehead atoms. The van der Waals surface area contributed by atoms with Gasteiger partial charge in [0.15, 0.2) is 9.84 Å². The number of rotatable bonds is 2. The average molecular weight is 289 g/mol. The van der Waals surface area contributed by atoms with E-state index in [1.165, 1.54) is 11.1 Å². The van der Waals surface area contributed by atoms with Crippen LogP contribution in [-0.4, -0.2) is 31.4 Å². The molecule has 3 aliphatic carbocycles. The first-order valence-electron chi connectivity index (χ1n) is 6.76. The van der Waals surface area contributed by atoms with Crippen LogP contribution in [0.15, 0.2) is 46.6 Å². The predicted octanol–water partition coefficient (Wildman–Crippen LogP) is 1.04. The molecular formula is C15H15NO3S. The van der Waals surface area contributed by atoms with Gasteiger partial charge < -0.3 is 5.32 Å². The third-order valence-corrected chi connectivity index (χ3v) is 6.35. The third kappa shape index (κ3) is 1.73. The van der Waals surface area contributed by atoms with Gasteiger partial charge in [0.25, 0.3) is 5.91 Å². The summed E-state index contributed by atoms with van der Waals surface area (Å²) < 4.78 is 23.2. The van der Waals surface area contributed by atoms with Gasteiger partial charge >= 0.3 is 0 Å². The highest BCUT2D eigenvalue weighted by molar-refractivity contribution is 7.91. The second-order valence-electron chi connectivity index (χ2n) is 6.26. The van der Waals surface area contributed by atoms with E-state index in [4.69, 9.17) is 0 Å². The Bertz CT molecular complexity index is 767. The summed E-state index contributed by atoms with van der Waals surface area (Å²) in [4.78, 5) is 12.4. The van der Waals surface area contributed by atoms with Crippen molar-refractivity contribution < 1.29 is 13.2 Å². The topological polar surface area (TPSA) is 63.2 Å². The van der Waals surface area contributed by atoms with Gasteiger partial charge in [0.2, 0.25) is 0 Å². The number of carbonyl (C=O) groups is 1. The first-order chi connectivity index (χ1) is 9.37. The van der Waals surface area contributed by atoms with Gasteiger partial charge in [-0.3, -0.25) is 4.79 Å². The molecule has 4 aliphatic rings. The molecule has 0 aromatic carbocycles. The van der Waals surface area contributed by atoms with Crippen molar-refractivity contribution in [2.45, 2.75) is 18.9 Å². The second-order valence-corrected chi connectivity index (χ2v) is 8.45. The van der Waals surface area contributed by atoms with E-state index in [0.29, 0.717) is 17.9 Å². The number of sulfone groups is 1. The van der Waals surface area contributed by atoms with Crippen LogP contribution in [0.5, 0.6) is 0 Å². The molecule has 104 valence electrons. The lowest BCUT2D eigenvalue weighted by Gasteiger charge is -2.24. The number of nitrogens with one attached hydrogen (secondary N) is 1. The molecule has 1 N–H and O–H groups in total. The van der Waals surface area contributed by atoms with Gasteiger partial charge in [-0.25, -0.2) is 8.42 Å². The number of hydrogen-bond donors (Lipinski definition) is 1. The minimum Gasteiger partial charge on any atom is -0.346 e. The molecular weight excluding hydrogens is 274 g/mol. The highest BCUT2D eigenvalue weighted by Gasteiger charge is 2.43. The quantitative estimate of drug-likeness (QED) is 0.826. The summed E-state index contributed by atoms with van der Waals surface area (Å²) in [6.07, 6.45) is 8.56. The Kier molecular flexibility index (Phi) is 2.14. The van der Waals surface area contributed by atoms with Crippen LogP contribution < -0.4 is 5.32 Å². The van der Waals surface area contributed by atoms with Crippen molar-refractivity contribution in [3.63, 3.8) is 0 Å². The molecule has 2 atom stereocenters. The van der Waals surface area contributed by atoms with Crippen molar-refractivity contribution in [1.82, 2.24) is 5.32 Å². The molecule has 1 saturated heterocycles. The SMILES string of the molecule is CC1(NC(=O)C2=CC=C3C2=CC2=CC23)CCS(=O)(=O)C1. The van der Waals surface area contributed by atoms with Crippen molar-refractivity contribution in [1.29, 1.82) is 0 Å². The van der Waals surface area contributed by atoms with Gasteiger partial charge in [-0.1, -0.05) is 12.2 Å².